The molecular formula is C30H29ClN4. The topological polar surface area (TPSA) is 56.7 Å². The summed E-state index contributed by atoms with van der Waals surface area (Å²) in [6.07, 6.45) is 5.87. The number of rotatable bonds is 6. The van der Waals surface area contributed by atoms with Gasteiger partial charge in [0.25, 0.3) is 0 Å². The van der Waals surface area contributed by atoms with Crippen molar-refractivity contribution in [3.05, 3.63) is 113 Å². The zero-order valence-corrected chi connectivity index (χ0v) is 21.0. The highest BCUT2D eigenvalue weighted by molar-refractivity contribution is 6.30. The van der Waals surface area contributed by atoms with Crippen molar-refractivity contribution in [3.8, 4) is 11.1 Å². The molecule has 0 fully saturated rings. The molecule has 0 spiro atoms. The highest BCUT2D eigenvalue weighted by atomic mass is 35.5. The second-order valence-corrected chi connectivity index (χ2v) is 10.0. The molecule has 1 atom stereocenters. The molecule has 2 aromatic heterocycles. The summed E-state index contributed by atoms with van der Waals surface area (Å²) < 4.78 is 2.36. The molecule has 1 unspecified atom stereocenters. The standard InChI is InChI=1S/C30H29ClN4/c1-20(2)30(3,24-12-10-22(11-13-24)23-16-33-29(32)34-17-23)27-19-35(28-7-5-4-6-26(27)28)18-21-8-14-25(31)15-9-21/h4-17,19-20H,18H2,1-3H3,(H2,32,33,34). The third-order valence-electron chi connectivity index (χ3n) is 7.26. The van der Waals surface area contributed by atoms with E-state index in [2.05, 4.69) is 102 Å². The number of para-hydroxylation sites is 1. The van der Waals surface area contributed by atoms with Crippen LogP contribution < -0.4 is 5.73 Å². The third kappa shape index (κ3) is 4.30. The summed E-state index contributed by atoms with van der Waals surface area (Å²) in [6.45, 7) is 7.75. The molecule has 35 heavy (non-hydrogen) atoms. The normalized spacial score (nSPS) is 13.3. The predicted octanol–water partition coefficient (Wildman–Crippen LogP) is 7.34. The van der Waals surface area contributed by atoms with E-state index in [9.17, 15) is 0 Å². The molecule has 0 bridgehead atoms. The van der Waals surface area contributed by atoms with Gasteiger partial charge in [0.05, 0.1) is 0 Å². The van der Waals surface area contributed by atoms with Crippen molar-refractivity contribution in [2.45, 2.75) is 32.7 Å². The number of halogens is 1. The maximum Gasteiger partial charge on any atom is 0.219 e. The quantitative estimate of drug-likeness (QED) is 0.276. The Bertz CT molecular complexity index is 1450. The average molecular weight is 481 g/mol. The summed E-state index contributed by atoms with van der Waals surface area (Å²) in [5.41, 5.74) is 12.6. The molecule has 0 aliphatic heterocycles. The number of benzene rings is 3. The first-order valence-corrected chi connectivity index (χ1v) is 12.3. The van der Waals surface area contributed by atoms with Crippen molar-refractivity contribution in [2.24, 2.45) is 5.92 Å². The van der Waals surface area contributed by atoms with Crippen molar-refractivity contribution in [1.29, 1.82) is 0 Å². The Balaban J connectivity index is 1.59. The Hall–Kier alpha value is -3.63. The summed E-state index contributed by atoms with van der Waals surface area (Å²) in [7, 11) is 0. The lowest BCUT2D eigenvalue weighted by atomic mass is 9.68. The fourth-order valence-electron chi connectivity index (χ4n) is 4.87. The SMILES string of the molecule is CC(C)C(C)(c1ccc(-c2cnc(N)nc2)cc1)c1cn(Cc2ccc(Cl)cc2)c2ccccc12. The van der Waals surface area contributed by atoms with Gasteiger partial charge in [-0.2, -0.15) is 0 Å². The minimum Gasteiger partial charge on any atom is -0.368 e. The molecule has 0 saturated heterocycles. The van der Waals surface area contributed by atoms with Gasteiger partial charge in [0.1, 0.15) is 0 Å². The lowest BCUT2D eigenvalue weighted by Crippen LogP contribution is -2.30. The van der Waals surface area contributed by atoms with E-state index in [1.807, 2.05) is 12.1 Å². The molecule has 4 nitrogen and oxygen atoms in total. The van der Waals surface area contributed by atoms with Crippen LogP contribution in [0.2, 0.25) is 5.02 Å². The lowest BCUT2D eigenvalue weighted by Gasteiger charge is -2.35. The van der Waals surface area contributed by atoms with Crippen LogP contribution in [0.15, 0.2) is 91.4 Å². The first kappa shape index (κ1) is 23.1. The van der Waals surface area contributed by atoms with E-state index in [0.717, 1.165) is 22.7 Å². The van der Waals surface area contributed by atoms with Crippen molar-refractivity contribution >= 4 is 28.5 Å². The van der Waals surface area contributed by atoms with Crippen LogP contribution in [0.4, 0.5) is 5.95 Å². The molecule has 0 aliphatic rings. The van der Waals surface area contributed by atoms with Gasteiger partial charge < -0.3 is 10.3 Å². The number of nitrogens with two attached hydrogens (primary N) is 1. The van der Waals surface area contributed by atoms with Gasteiger partial charge >= 0.3 is 0 Å². The Morgan fingerprint density at radius 2 is 1.54 bits per heavy atom. The van der Waals surface area contributed by atoms with E-state index >= 15 is 0 Å². The van der Waals surface area contributed by atoms with Crippen LogP contribution in [0.3, 0.4) is 0 Å². The molecular weight excluding hydrogens is 452 g/mol. The summed E-state index contributed by atoms with van der Waals surface area (Å²) in [6, 6.07) is 25.6. The molecule has 5 heteroatoms. The number of fused-ring (bicyclic) bond motifs is 1. The van der Waals surface area contributed by atoms with E-state index in [0.29, 0.717) is 5.92 Å². The van der Waals surface area contributed by atoms with E-state index in [-0.39, 0.29) is 11.4 Å². The lowest BCUT2D eigenvalue weighted by molar-refractivity contribution is 0.407. The van der Waals surface area contributed by atoms with Crippen molar-refractivity contribution in [2.75, 3.05) is 5.73 Å². The van der Waals surface area contributed by atoms with Crippen molar-refractivity contribution in [1.82, 2.24) is 14.5 Å². The number of aromatic nitrogens is 3. The highest BCUT2D eigenvalue weighted by Crippen LogP contribution is 2.43. The van der Waals surface area contributed by atoms with Crippen LogP contribution in [-0.2, 0) is 12.0 Å². The molecule has 0 saturated carbocycles. The largest absolute Gasteiger partial charge is 0.368 e. The molecule has 0 aliphatic carbocycles. The Morgan fingerprint density at radius 3 is 2.20 bits per heavy atom. The van der Waals surface area contributed by atoms with Crippen LogP contribution in [0.5, 0.6) is 0 Å². The van der Waals surface area contributed by atoms with Crippen LogP contribution >= 0.6 is 11.6 Å². The van der Waals surface area contributed by atoms with Gasteiger partial charge in [-0.15, -0.1) is 0 Å². The second kappa shape index (κ2) is 9.20. The van der Waals surface area contributed by atoms with Gasteiger partial charge in [0, 0.05) is 52.0 Å². The fraction of sp³-hybridized carbons (Fsp3) is 0.200. The summed E-state index contributed by atoms with van der Waals surface area (Å²) in [5.74, 6) is 0.663. The van der Waals surface area contributed by atoms with Crippen LogP contribution in [-0.4, -0.2) is 14.5 Å². The van der Waals surface area contributed by atoms with Crippen LogP contribution in [0, 0.1) is 5.92 Å². The zero-order chi connectivity index (χ0) is 24.6. The fourth-order valence-corrected chi connectivity index (χ4v) is 5.00. The molecule has 2 N–H and O–H groups in total. The van der Waals surface area contributed by atoms with Gasteiger partial charge in [-0.05, 0) is 46.4 Å². The zero-order valence-electron chi connectivity index (χ0n) is 20.2. The minimum absolute atomic E-state index is 0.180. The van der Waals surface area contributed by atoms with E-state index < -0.39 is 0 Å². The Labute approximate surface area is 211 Å². The number of nitrogens with zero attached hydrogens (tertiary/aromatic N) is 3. The molecule has 0 amide bonds. The second-order valence-electron chi connectivity index (χ2n) is 9.58. The number of hydrogen-bond donors (Lipinski definition) is 1. The van der Waals surface area contributed by atoms with Crippen molar-refractivity contribution in [3.63, 3.8) is 0 Å². The van der Waals surface area contributed by atoms with Gasteiger partial charge in [0.2, 0.25) is 5.95 Å². The smallest absolute Gasteiger partial charge is 0.219 e. The summed E-state index contributed by atoms with van der Waals surface area (Å²) in [5, 5.41) is 2.04. The first-order chi connectivity index (χ1) is 16.9. The first-order valence-electron chi connectivity index (χ1n) is 11.9. The number of nitrogen functional groups attached to an aromatic ring is 1. The van der Waals surface area contributed by atoms with Crippen molar-refractivity contribution < 1.29 is 0 Å². The highest BCUT2D eigenvalue weighted by Gasteiger charge is 2.35. The number of anilines is 1. The van der Waals surface area contributed by atoms with E-state index in [1.165, 1.54) is 27.6 Å². The third-order valence-corrected chi connectivity index (χ3v) is 7.51. The van der Waals surface area contributed by atoms with Crippen LogP contribution in [0.25, 0.3) is 22.0 Å². The molecule has 3 aromatic carbocycles. The van der Waals surface area contributed by atoms with Crippen LogP contribution in [0.1, 0.15) is 37.5 Å². The Kier molecular flexibility index (Phi) is 6.08. The monoisotopic (exact) mass is 480 g/mol. The summed E-state index contributed by atoms with van der Waals surface area (Å²) in [4.78, 5) is 8.27. The molecule has 176 valence electrons. The molecule has 2 heterocycles. The Morgan fingerprint density at radius 1 is 0.886 bits per heavy atom. The van der Waals surface area contributed by atoms with Gasteiger partial charge in [-0.3, -0.25) is 0 Å². The summed E-state index contributed by atoms with van der Waals surface area (Å²) >= 11 is 6.11. The van der Waals surface area contributed by atoms with Gasteiger partial charge in [-0.25, -0.2) is 9.97 Å². The number of hydrogen-bond acceptors (Lipinski definition) is 3. The average Bonchev–Trinajstić information content (AvgIpc) is 3.24. The van der Waals surface area contributed by atoms with Gasteiger partial charge in [0.15, 0.2) is 0 Å². The predicted molar refractivity (Wildman–Crippen MR) is 146 cm³/mol. The molecule has 0 radical (unpaired) electrons. The van der Waals surface area contributed by atoms with E-state index in [4.69, 9.17) is 17.3 Å². The molecule has 5 rings (SSSR count). The minimum atomic E-state index is -0.180. The maximum atomic E-state index is 6.11. The van der Waals surface area contributed by atoms with E-state index in [1.54, 1.807) is 12.4 Å². The molecule has 5 aromatic rings. The maximum absolute atomic E-state index is 6.11. The van der Waals surface area contributed by atoms with Gasteiger partial charge in [-0.1, -0.05) is 87.0 Å².